The molecule has 0 fully saturated rings. The standard InChI is InChI=1S/Al.Mg.2H2O4S/c;;2*1-5(2,3)4/h;;2*(H2,1,2,3,4)/q+3;+2;;/p-4. The van der Waals surface area contributed by atoms with Gasteiger partial charge in [-0.15, -0.1) is 0 Å². The molecular weight excluding hydrogens is 243 g/mol. The van der Waals surface area contributed by atoms with E-state index in [0.29, 0.717) is 0 Å². The van der Waals surface area contributed by atoms with Crippen molar-refractivity contribution >= 4 is 61.2 Å². The average molecular weight is 243 g/mol. The zero-order chi connectivity index (χ0) is 9.00. The predicted molar refractivity (Wildman–Crippen MR) is 32.5 cm³/mol. The van der Waals surface area contributed by atoms with Crippen molar-refractivity contribution in [1.82, 2.24) is 0 Å². The van der Waals surface area contributed by atoms with E-state index in [1.165, 1.54) is 0 Å². The number of hydrogen-bond donors (Lipinski definition) is 0. The molecule has 0 heterocycles. The van der Waals surface area contributed by atoms with Gasteiger partial charge in [-0.2, -0.15) is 0 Å². The van der Waals surface area contributed by atoms with Crippen LogP contribution in [0.2, 0.25) is 0 Å². The van der Waals surface area contributed by atoms with Crippen LogP contribution in [-0.2, 0) is 20.8 Å². The van der Waals surface area contributed by atoms with Crippen LogP contribution in [0.25, 0.3) is 0 Å². The Kier molecular flexibility index (Phi) is 16.6. The van der Waals surface area contributed by atoms with Gasteiger partial charge < -0.3 is 18.2 Å². The first-order valence-electron chi connectivity index (χ1n) is 1.33. The van der Waals surface area contributed by atoms with E-state index in [-0.39, 0.29) is 40.4 Å². The molecule has 0 spiro atoms. The van der Waals surface area contributed by atoms with Gasteiger partial charge in [0.15, 0.2) is 0 Å². The van der Waals surface area contributed by atoms with Gasteiger partial charge in [0.2, 0.25) is 0 Å². The van der Waals surface area contributed by atoms with Gasteiger partial charge in [-0.1, -0.05) is 0 Å². The first kappa shape index (κ1) is 23.1. The van der Waals surface area contributed by atoms with E-state index in [4.69, 9.17) is 35.0 Å². The van der Waals surface area contributed by atoms with E-state index in [1.807, 2.05) is 0 Å². The molecule has 0 aliphatic carbocycles. The van der Waals surface area contributed by atoms with Crippen molar-refractivity contribution in [3.05, 3.63) is 0 Å². The first-order valence-corrected chi connectivity index (χ1v) is 4.00. The molecule has 0 saturated carbocycles. The van der Waals surface area contributed by atoms with Crippen molar-refractivity contribution < 1.29 is 35.0 Å². The van der Waals surface area contributed by atoms with Gasteiger partial charge in [-0.3, -0.25) is 16.8 Å². The zero-order valence-corrected chi connectivity index (χ0v) is 9.57. The van der Waals surface area contributed by atoms with Crippen LogP contribution in [-0.4, -0.2) is 75.5 Å². The Morgan fingerprint density at radius 2 is 0.667 bits per heavy atom. The zero-order valence-electron chi connectivity index (χ0n) is 5.37. The molecule has 0 saturated heterocycles. The second kappa shape index (κ2) is 8.63. The quantitative estimate of drug-likeness (QED) is 0.241. The van der Waals surface area contributed by atoms with E-state index in [0.717, 1.165) is 0 Å². The number of rotatable bonds is 0. The largest absolute Gasteiger partial charge is 3.00 e. The van der Waals surface area contributed by atoms with Crippen LogP contribution in [0, 0.1) is 0 Å². The van der Waals surface area contributed by atoms with Gasteiger partial charge in [0.05, 0.1) is 0 Å². The first-order chi connectivity index (χ1) is 4.00. The van der Waals surface area contributed by atoms with Gasteiger partial charge in [0.25, 0.3) is 0 Å². The maximum Gasteiger partial charge on any atom is 3.00 e. The molecular formula is AlMgO8S2+. The molecule has 0 N–H and O–H groups in total. The van der Waals surface area contributed by atoms with Crippen LogP contribution >= 0.6 is 0 Å². The van der Waals surface area contributed by atoms with Crippen LogP contribution < -0.4 is 0 Å². The summed E-state index contributed by atoms with van der Waals surface area (Å²) >= 11 is 0. The molecule has 12 heavy (non-hydrogen) atoms. The van der Waals surface area contributed by atoms with E-state index in [2.05, 4.69) is 0 Å². The van der Waals surface area contributed by atoms with E-state index < -0.39 is 20.8 Å². The summed E-state index contributed by atoms with van der Waals surface area (Å²) in [7, 11) is -10.3. The molecule has 0 unspecified atom stereocenters. The normalized spacial score (nSPS) is 9.67. The summed E-state index contributed by atoms with van der Waals surface area (Å²) in [6.07, 6.45) is 0. The molecule has 0 aliphatic rings. The summed E-state index contributed by atoms with van der Waals surface area (Å²) in [6, 6.07) is 0. The summed E-state index contributed by atoms with van der Waals surface area (Å²) < 4.78 is 68.2. The van der Waals surface area contributed by atoms with Crippen molar-refractivity contribution in [3.8, 4) is 0 Å². The van der Waals surface area contributed by atoms with Crippen molar-refractivity contribution in [1.29, 1.82) is 0 Å². The molecule has 0 radical (unpaired) electrons. The Hall–Kier alpha value is 1.04. The smallest absolute Gasteiger partial charge is 0.759 e. The minimum atomic E-state index is -5.17. The fourth-order valence-corrected chi connectivity index (χ4v) is 0. The Labute approximate surface area is 95.8 Å². The third-order valence-corrected chi connectivity index (χ3v) is 0. The molecule has 0 aromatic rings. The Bertz CT molecular complexity index is 213. The summed E-state index contributed by atoms with van der Waals surface area (Å²) in [5.74, 6) is 0. The minimum Gasteiger partial charge on any atom is -0.759 e. The van der Waals surface area contributed by atoms with Gasteiger partial charge in [0, 0.05) is 20.8 Å². The summed E-state index contributed by atoms with van der Waals surface area (Å²) in [5.41, 5.74) is 0. The Morgan fingerprint density at radius 1 is 0.667 bits per heavy atom. The molecule has 64 valence electrons. The van der Waals surface area contributed by atoms with Gasteiger partial charge in [0.1, 0.15) is 0 Å². The summed E-state index contributed by atoms with van der Waals surface area (Å²) in [5, 5.41) is 0. The molecule has 0 aliphatic heterocycles. The average Bonchev–Trinajstić information content (AvgIpc) is 1.12. The van der Waals surface area contributed by atoms with Crippen molar-refractivity contribution in [2.45, 2.75) is 0 Å². The number of hydrogen-bond acceptors (Lipinski definition) is 8. The van der Waals surface area contributed by atoms with Crippen LogP contribution in [0.15, 0.2) is 0 Å². The van der Waals surface area contributed by atoms with E-state index in [9.17, 15) is 0 Å². The Balaban J connectivity index is -0.0000000457. The molecule has 0 atom stereocenters. The molecule has 0 rings (SSSR count). The van der Waals surface area contributed by atoms with Crippen LogP contribution in [0.3, 0.4) is 0 Å². The minimum absolute atomic E-state index is 0. The van der Waals surface area contributed by atoms with Gasteiger partial charge in [-0.25, -0.2) is 0 Å². The second-order valence-corrected chi connectivity index (χ2v) is 2.45. The fraction of sp³-hybridized carbons (Fsp3) is 0. The fourth-order valence-electron chi connectivity index (χ4n) is 0. The maximum absolute atomic E-state index is 8.52. The molecule has 0 amide bonds. The second-order valence-electron chi connectivity index (χ2n) is 0.816. The summed E-state index contributed by atoms with van der Waals surface area (Å²) in [4.78, 5) is 0. The van der Waals surface area contributed by atoms with Crippen molar-refractivity contribution in [2.24, 2.45) is 0 Å². The third-order valence-electron chi connectivity index (χ3n) is 0. The van der Waals surface area contributed by atoms with E-state index in [1.54, 1.807) is 0 Å². The van der Waals surface area contributed by atoms with Crippen molar-refractivity contribution in [3.63, 3.8) is 0 Å². The van der Waals surface area contributed by atoms with Crippen LogP contribution in [0.5, 0.6) is 0 Å². The molecule has 8 nitrogen and oxygen atoms in total. The Morgan fingerprint density at radius 3 is 0.667 bits per heavy atom. The maximum atomic E-state index is 8.52. The van der Waals surface area contributed by atoms with E-state index >= 15 is 0 Å². The van der Waals surface area contributed by atoms with Crippen LogP contribution in [0.4, 0.5) is 0 Å². The topological polar surface area (TPSA) is 161 Å². The molecule has 0 bridgehead atoms. The van der Waals surface area contributed by atoms with Gasteiger partial charge in [-0.05, 0) is 0 Å². The van der Waals surface area contributed by atoms with Crippen molar-refractivity contribution in [2.75, 3.05) is 0 Å². The van der Waals surface area contributed by atoms with Gasteiger partial charge >= 0.3 is 40.4 Å². The summed E-state index contributed by atoms with van der Waals surface area (Å²) in [6.45, 7) is 0. The molecule has 0 aromatic carbocycles. The third kappa shape index (κ3) is 1030. The molecule has 0 aromatic heterocycles. The molecule has 12 heteroatoms. The predicted octanol–water partition coefficient (Wildman–Crippen LogP) is -3.44. The SMILES string of the molecule is O=S(=O)([O-])[O-].O=S(=O)([O-])[O-].[Al+3].[Mg+2]. The van der Waals surface area contributed by atoms with Crippen LogP contribution in [0.1, 0.15) is 0 Å². The monoisotopic (exact) mass is 243 g/mol.